The van der Waals surface area contributed by atoms with E-state index >= 15 is 0 Å². The Kier molecular flexibility index (Phi) is 3.69. The highest BCUT2D eigenvalue weighted by atomic mass is 32.2. The van der Waals surface area contributed by atoms with Gasteiger partial charge in [0.1, 0.15) is 11.0 Å². The summed E-state index contributed by atoms with van der Waals surface area (Å²) in [6.45, 7) is 1.90. The molecular formula is C16H18N2O4S. The second-order valence-corrected chi connectivity index (χ2v) is 8.31. The molecule has 1 saturated heterocycles. The van der Waals surface area contributed by atoms with E-state index in [0.717, 1.165) is 12.8 Å². The molecule has 0 aromatic heterocycles. The lowest BCUT2D eigenvalue weighted by molar-refractivity contribution is -0.149. The van der Waals surface area contributed by atoms with Crippen molar-refractivity contribution in [2.24, 2.45) is 11.3 Å². The molecule has 1 aliphatic heterocycles. The third kappa shape index (κ3) is 2.25. The highest BCUT2D eigenvalue weighted by Gasteiger charge is 2.57. The van der Waals surface area contributed by atoms with E-state index < -0.39 is 21.4 Å². The fourth-order valence-electron chi connectivity index (χ4n) is 3.91. The number of carboxylic acids is 1. The summed E-state index contributed by atoms with van der Waals surface area (Å²) in [6, 6.07) is 6.67. The molecular weight excluding hydrogens is 316 g/mol. The van der Waals surface area contributed by atoms with Crippen LogP contribution in [0.1, 0.15) is 30.4 Å². The van der Waals surface area contributed by atoms with E-state index in [9.17, 15) is 23.6 Å². The van der Waals surface area contributed by atoms with E-state index in [1.807, 2.05) is 6.07 Å². The number of benzene rings is 1. The Morgan fingerprint density at radius 1 is 1.48 bits per heavy atom. The smallest absolute Gasteiger partial charge is 0.311 e. The molecule has 0 radical (unpaired) electrons. The van der Waals surface area contributed by atoms with Crippen LogP contribution in [-0.4, -0.2) is 36.9 Å². The van der Waals surface area contributed by atoms with Crippen LogP contribution in [0.3, 0.4) is 0 Å². The minimum absolute atomic E-state index is 0.00581. The van der Waals surface area contributed by atoms with Gasteiger partial charge in [-0.2, -0.15) is 9.57 Å². The first-order valence-electron chi connectivity index (χ1n) is 7.56. The summed E-state index contributed by atoms with van der Waals surface area (Å²) in [5.41, 5.74) is -0.237. The molecule has 3 rings (SSSR count). The van der Waals surface area contributed by atoms with Crippen molar-refractivity contribution in [1.29, 1.82) is 5.26 Å². The van der Waals surface area contributed by atoms with Gasteiger partial charge in [-0.15, -0.1) is 0 Å². The van der Waals surface area contributed by atoms with Crippen molar-refractivity contribution in [2.45, 2.75) is 31.1 Å². The molecule has 1 saturated carbocycles. The van der Waals surface area contributed by atoms with Gasteiger partial charge in [-0.1, -0.05) is 18.6 Å². The largest absolute Gasteiger partial charge is 0.481 e. The van der Waals surface area contributed by atoms with E-state index in [-0.39, 0.29) is 29.5 Å². The van der Waals surface area contributed by atoms with Gasteiger partial charge in [0, 0.05) is 13.1 Å². The third-order valence-corrected chi connectivity index (χ3v) is 7.08. The van der Waals surface area contributed by atoms with Crippen molar-refractivity contribution in [3.8, 4) is 6.07 Å². The number of nitrogens with zero attached hydrogens (tertiary/aromatic N) is 2. The van der Waals surface area contributed by atoms with Crippen molar-refractivity contribution < 1.29 is 18.3 Å². The number of carbonyl (C=O) groups is 1. The molecule has 7 heteroatoms. The zero-order valence-electron chi connectivity index (χ0n) is 12.8. The first-order valence-corrected chi connectivity index (χ1v) is 9.00. The Labute approximate surface area is 135 Å². The highest BCUT2D eigenvalue weighted by molar-refractivity contribution is 7.89. The number of fused-ring (bicyclic) bond motifs is 1. The minimum Gasteiger partial charge on any atom is -0.481 e. The maximum atomic E-state index is 12.9. The van der Waals surface area contributed by atoms with E-state index in [1.54, 1.807) is 19.1 Å². The predicted octanol–water partition coefficient (Wildman–Crippen LogP) is 1.74. The van der Waals surface area contributed by atoms with Crippen molar-refractivity contribution in [3.63, 3.8) is 0 Å². The minimum atomic E-state index is -3.87. The molecule has 23 heavy (non-hydrogen) atoms. The zero-order chi connectivity index (χ0) is 16.8. The van der Waals surface area contributed by atoms with Gasteiger partial charge in [0.2, 0.25) is 10.0 Å². The van der Waals surface area contributed by atoms with Gasteiger partial charge >= 0.3 is 5.97 Å². The lowest BCUT2D eigenvalue weighted by atomic mass is 9.81. The van der Waals surface area contributed by atoms with Gasteiger partial charge in [0.05, 0.1) is 11.0 Å². The summed E-state index contributed by atoms with van der Waals surface area (Å²) in [7, 11) is -3.87. The van der Waals surface area contributed by atoms with Crippen molar-refractivity contribution in [2.75, 3.05) is 13.1 Å². The Balaban J connectivity index is 2.02. The Hall–Kier alpha value is -1.91. The van der Waals surface area contributed by atoms with Gasteiger partial charge in [0.25, 0.3) is 0 Å². The molecule has 1 N–H and O–H groups in total. The fourth-order valence-corrected chi connectivity index (χ4v) is 5.68. The molecule has 1 aliphatic carbocycles. The number of nitriles is 1. The fraction of sp³-hybridized carbons (Fsp3) is 0.500. The maximum Gasteiger partial charge on any atom is 0.311 e. The number of aryl methyl sites for hydroxylation is 1. The number of sulfonamides is 1. The monoisotopic (exact) mass is 334 g/mol. The second-order valence-electron chi connectivity index (χ2n) is 6.41. The number of rotatable bonds is 3. The van der Waals surface area contributed by atoms with Crippen LogP contribution >= 0.6 is 0 Å². The van der Waals surface area contributed by atoms with Crippen LogP contribution in [0.25, 0.3) is 0 Å². The molecule has 1 heterocycles. The molecule has 6 nitrogen and oxygen atoms in total. The molecule has 1 aromatic carbocycles. The van der Waals surface area contributed by atoms with Crippen molar-refractivity contribution >= 4 is 16.0 Å². The van der Waals surface area contributed by atoms with Crippen molar-refractivity contribution in [3.05, 3.63) is 29.3 Å². The normalized spacial score (nSPS) is 27.6. The quantitative estimate of drug-likeness (QED) is 0.908. The average molecular weight is 334 g/mol. The number of aliphatic carboxylic acids is 1. The van der Waals surface area contributed by atoms with Crippen LogP contribution in [0.5, 0.6) is 0 Å². The van der Waals surface area contributed by atoms with Crippen molar-refractivity contribution in [1.82, 2.24) is 4.31 Å². The topological polar surface area (TPSA) is 98.5 Å². The Bertz CT molecular complexity index is 812. The lowest BCUT2D eigenvalue weighted by Crippen LogP contribution is -2.37. The van der Waals surface area contributed by atoms with Gasteiger partial charge in [-0.3, -0.25) is 4.79 Å². The summed E-state index contributed by atoms with van der Waals surface area (Å²) in [6.07, 6.45) is 2.06. The second kappa shape index (κ2) is 5.32. The summed E-state index contributed by atoms with van der Waals surface area (Å²) in [4.78, 5) is 11.7. The van der Waals surface area contributed by atoms with Gasteiger partial charge in [0.15, 0.2) is 0 Å². The molecule has 2 aliphatic rings. The molecule has 0 spiro atoms. The zero-order valence-corrected chi connectivity index (χ0v) is 13.6. The Morgan fingerprint density at radius 2 is 2.22 bits per heavy atom. The van der Waals surface area contributed by atoms with Crippen LogP contribution in [0.2, 0.25) is 0 Å². The molecule has 0 amide bonds. The van der Waals surface area contributed by atoms with E-state index in [2.05, 4.69) is 0 Å². The lowest BCUT2D eigenvalue weighted by Gasteiger charge is -2.23. The number of carboxylic acid groups (broad SMARTS) is 1. The van der Waals surface area contributed by atoms with E-state index in [4.69, 9.17) is 0 Å². The van der Waals surface area contributed by atoms with E-state index in [0.29, 0.717) is 12.0 Å². The summed E-state index contributed by atoms with van der Waals surface area (Å²) < 4.78 is 27.1. The molecule has 0 bridgehead atoms. The first kappa shape index (κ1) is 16.0. The third-order valence-electron chi connectivity index (χ3n) is 5.23. The van der Waals surface area contributed by atoms with Crippen LogP contribution in [0.15, 0.2) is 23.1 Å². The predicted molar refractivity (Wildman–Crippen MR) is 82.1 cm³/mol. The van der Waals surface area contributed by atoms with E-state index in [1.165, 1.54) is 10.4 Å². The summed E-state index contributed by atoms with van der Waals surface area (Å²) >= 11 is 0. The summed E-state index contributed by atoms with van der Waals surface area (Å²) in [5.74, 6) is -1.06. The standard InChI is InChI=1S/C16H18N2O4S/c1-11-4-2-6-14(13(11)8-17)23(21,22)18-9-12-5-3-7-16(12,10-18)15(19)20/h2,4,6,12H,3,5,7,9-10H2,1H3,(H,19,20)/t12-,16+/m0/s1. The highest BCUT2D eigenvalue weighted by Crippen LogP contribution is 2.50. The average Bonchev–Trinajstić information content (AvgIpc) is 3.05. The van der Waals surface area contributed by atoms with Gasteiger partial charge < -0.3 is 5.11 Å². The molecule has 2 fully saturated rings. The summed E-state index contributed by atoms with van der Waals surface area (Å²) in [5, 5.41) is 18.9. The van der Waals surface area contributed by atoms with Crippen LogP contribution in [0.4, 0.5) is 0 Å². The molecule has 122 valence electrons. The van der Waals surface area contributed by atoms with Crippen LogP contribution in [0, 0.1) is 29.6 Å². The SMILES string of the molecule is Cc1cccc(S(=O)(=O)N2C[C@@H]3CCC[C@@]3(C(=O)O)C2)c1C#N. The van der Waals surface area contributed by atoms with Gasteiger partial charge in [-0.05, 0) is 37.3 Å². The molecule has 2 atom stereocenters. The number of hydrogen-bond donors (Lipinski definition) is 1. The van der Waals surface area contributed by atoms with Gasteiger partial charge in [-0.25, -0.2) is 8.42 Å². The van der Waals surface area contributed by atoms with Crippen LogP contribution < -0.4 is 0 Å². The maximum absolute atomic E-state index is 12.9. The number of hydrogen-bond acceptors (Lipinski definition) is 4. The molecule has 1 aromatic rings. The Morgan fingerprint density at radius 3 is 2.83 bits per heavy atom. The van der Waals surface area contributed by atoms with Crippen LogP contribution in [-0.2, 0) is 14.8 Å². The molecule has 0 unspecified atom stereocenters. The first-order chi connectivity index (χ1) is 10.8.